The standard InChI is InChI=1S/C21H28O6/c1-10(2)20-14(26-20)15-21(27-15)18(3)7-6-11-12(8-24-16(11)22)13(18)9-25-19(21,4)17(20)23-5/h10,13-15,17H,6-9H2,1-5H3. The highest BCUT2D eigenvalue weighted by Crippen LogP contribution is 2.77. The van der Waals surface area contributed by atoms with Crippen molar-refractivity contribution >= 4 is 5.97 Å². The van der Waals surface area contributed by atoms with E-state index in [1.54, 1.807) is 7.11 Å². The number of methoxy groups -OCH3 is 1. The van der Waals surface area contributed by atoms with Crippen molar-refractivity contribution in [3.05, 3.63) is 11.1 Å². The average Bonchev–Trinajstić information content (AvgIpc) is 3.49. The summed E-state index contributed by atoms with van der Waals surface area (Å²) in [6.45, 7) is 9.83. The molecule has 6 aliphatic rings. The van der Waals surface area contributed by atoms with Crippen LogP contribution in [0.4, 0.5) is 0 Å². The summed E-state index contributed by atoms with van der Waals surface area (Å²) in [6.07, 6.45) is 1.58. The number of rotatable bonds is 2. The Balaban J connectivity index is 1.48. The number of fused-ring (bicyclic) bond motifs is 4. The normalized spacial score (nSPS) is 57.3. The molecule has 0 bridgehead atoms. The number of carbonyl (C=O) groups is 1. The molecule has 0 aromatic carbocycles. The molecule has 4 fully saturated rings. The number of cyclic esters (lactones) is 1. The zero-order valence-electron chi connectivity index (χ0n) is 16.7. The van der Waals surface area contributed by atoms with Gasteiger partial charge < -0.3 is 23.7 Å². The van der Waals surface area contributed by atoms with Crippen LogP contribution in [0.2, 0.25) is 0 Å². The van der Waals surface area contributed by atoms with Gasteiger partial charge in [-0.25, -0.2) is 4.79 Å². The van der Waals surface area contributed by atoms with Crippen molar-refractivity contribution in [3.63, 3.8) is 0 Å². The summed E-state index contributed by atoms with van der Waals surface area (Å²) in [5, 5.41) is 0. The summed E-state index contributed by atoms with van der Waals surface area (Å²) in [5.74, 6) is 0.324. The first-order chi connectivity index (χ1) is 12.8. The van der Waals surface area contributed by atoms with Crippen LogP contribution in [0.3, 0.4) is 0 Å². The maximum absolute atomic E-state index is 12.1. The SMILES string of the molecule is COC1C2(C(C)C)OC2C2OC23C2(C)CCC4=C(COC4=O)C2COC13C. The van der Waals surface area contributed by atoms with Crippen molar-refractivity contribution in [2.24, 2.45) is 17.3 Å². The largest absolute Gasteiger partial charge is 0.458 e. The first-order valence-corrected chi connectivity index (χ1v) is 10.2. The first kappa shape index (κ1) is 17.0. The topological polar surface area (TPSA) is 69.8 Å². The highest BCUT2D eigenvalue weighted by Gasteiger charge is 2.93. The summed E-state index contributed by atoms with van der Waals surface area (Å²) < 4.78 is 31.0. The van der Waals surface area contributed by atoms with Crippen LogP contribution in [0.25, 0.3) is 0 Å². The molecule has 1 spiro atoms. The summed E-state index contributed by atoms with van der Waals surface area (Å²) >= 11 is 0. The molecule has 0 aromatic heterocycles. The van der Waals surface area contributed by atoms with Crippen molar-refractivity contribution in [3.8, 4) is 0 Å². The summed E-state index contributed by atoms with van der Waals surface area (Å²) in [7, 11) is 1.76. The van der Waals surface area contributed by atoms with Crippen LogP contribution < -0.4 is 0 Å². The van der Waals surface area contributed by atoms with Crippen molar-refractivity contribution in [2.45, 2.75) is 75.7 Å². The van der Waals surface area contributed by atoms with E-state index < -0.39 is 11.2 Å². The van der Waals surface area contributed by atoms with Crippen LogP contribution in [0.5, 0.6) is 0 Å². The number of hydrogen-bond donors (Lipinski definition) is 0. The fraction of sp³-hybridized carbons (Fsp3) is 0.857. The monoisotopic (exact) mass is 376 g/mol. The lowest BCUT2D eigenvalue weighted by Gasteiger charge is -2.60. The Morgan fingerprint density at radius 2 is 1.96 bits per heavy atom. The third-order valence-corrected chi connectivity index (χ3v) is 8.91. The molecule has 4 aliphatic heterocycles. The van der Waals surface area contributed by atoms with Gasteiger partial charge in [-0.1, -0.05) is 20.8 Å². The quantitative estimate of drug-likeness (QED) is 0.542. The molecule has 27 heavy (non-hydrogen) atoms. The van der Waals surface area contributed by atoms with Gasteiger partial charge in [0.2, 0.25) is 0 Å². The molecule has 3 saturated heterocycles. The second-order valence-electron chi connectivity index (χ2n) is 9.90. The van der Waals surface area contributed by atoms with Crippen LogP contribution in [0, 0.1) is 17.3 Å². The maximum atomic E-state index is 12.1. The lowest BCUT2D eigenvalue weighted by atomic mass is 9.49. The van der Waals surface area contributed by atoms with E-state index >= 15 is 0 Å². The fourth-order valence-corrected chi connectivity index (χ4v) is 7.50. The van der Waals surface area contributed by atoms with Gasteiger partial charge in [0.05, 0.1) is 6.61 Å². The van der Waals surface area contributed by atoms with Gasteiger partial charge in [0.15, 0.2) is 0 Å². The van der Waals surface area contributed by atoms with Gasteiger partial charge >= 0.3 is 5.97 Å². The predicted octanol–water partition coefficient (Wildman–Crippen LogP) is 2.00. The van der Waals surface area contributed by atoms with Crippen molar-refractivity contribution in [1.82, 2.24) is 0 Å². The molecule has 8 unspecified atom stereocenters. The van der Waals surface area contributed by atoms with E-state index in [1.807, 2.05) is 0 Å². The van der Waals surface area contributed by atoms with Crippen LogP contribution in [0.15, 0.2) is 11.1 Å². The molecule has 148 valence electrons. The van der Waals surface area contributed by atoms with E-state index in [2.05, 4.69) is 27.7 Å². The number of ether oxygens (including phenoxy) is 5. The smallest absolute Gasteiger partial charge is 0.334 e. The summed E-state index contributed by atoms with van der Waals surface area (Å²) in [5.41, 5.74) is 0.540. The molecule has 0 amide bonds. The first-order valence-electron chi connectivity index (χ1n) is 10.2. The van der Waals surface area contributed by atoms with Gasteiger partial charge in [-0.2, -0.15) is 0 Å². The molecule has 6 rings (SSSR count). The van der Waals surface area contributed by atoms with E-state index in [1.165, 1.54) is 0 Å². The van der Waals surface area contributed by atoms with Gasteiger partial charge in [0.25, 0.3) is 0 Å². The minimum atomic E-state index is -0.573. The summed E-state index contributed by atoms with van der Waals surface area (Å²) in [6, 6.07) is 0. The Kier molecular flexibility index (Phi) is 2.90. The van der Waals surface area contributed by atoms with E-state index in [-0.39, 0.29) is 41.2 Å². The molecule has 8 atom stereocenters. The van der Waals surface area contributed by atoms with Gasteiger partial charge in [-0.3, -0.25) is 0 Å². The average molecular weight is 376 g/mol. The van der Waals surface area contributed by atoms with Crippen LogP contribution in [0.1, 0.15) is 40.5 Å². The Labute approximate surface area is 159 Å². The highest BCUT2D eigenvalue weighted by molar-refractivity contribution is 5.92. The fourth-order valence-electron chi connectivity index (χ4n) is 7.50. The van der Waals surface area contributed by atoms with Crippen LogP contribution >= 0.6 is 0 Å². The molecule has 0 N–H and O–H groups in total. The van der Waals surface area contributed by atoms with E-state index in [0.717, 1.165) is 24.0 Å². The molecule has 1 saturated carbocycles. The second-order valence-corrected chi connectivity index (χ2v) is 9.90. The number of epoxide rings is 2. The van der Waals surface area contributed by atoms with E-state index in [9.17, 15) is 4.79 Å². The van der Waals surface area contributed by atoms with Crippen molar-refractivity contribution in [1.29, 1.82) is 0 Å². The van der Waals surface area contributed by atoms with E-state index in [4.69, 9.17) is 23.7 Å². The highest BCUT2D eigenvalue weighted by atomic mass is 16.7. The van der Waals surface area contributed by atoms with Crippen LogP contribution in [-0.4, -0.2) is 61.4 Å². The lowest BCUT2D eigenvalue weighted by Crippen LogP contribution is -2.74. The molecular weight excluding hydrogens is 348 g/mol. The summed E-state index contributed by atoms with van der Waals surface area (Å²) in [4.78, 5) is 12.1. The second kappa shape index (κ2) is 4.61. The molecular formula is C21H28O6. The number of carbonyl (C=O) groups excluding carboxylic acids is 1. The number of hydrogen-bond acceptors (Lipinski definition) is 6. The molecule has 2 aliphatic carbocycles. The Morgan fingerprint density at radius 3 is 2.67 bits per heavy atom. The Hall–Kier alpha value is -0.950. The number of esters is 1. The minimum absolute atomic E-state index is 0.0317. The van der Waals surface area contributed by atoms with Crippen molar-refractivity contribution in [2.75, 3.05) is 20.3 Å². The van der Waals surface area contributed by atoms with Gasteiger partial charge in [-0.05, 0) is 31.3 Å². The minimum Gasteiger partial charge on any atom is -0.458 e. The lowest BCUT2D eigenvalue weighted by molar-refractivity contribution is -0.259. The van der Waals surface area contributed by atoms with Gasteiger partial charge in [0, 0.05) is 24.0 Å². The predicted molar refractivity (Wildman–Crippen MR) is 94.0 cm³/mol. The zero-order valence-corrected chi connectivity index (χ0v) is 16.7. The maximum Gasteiger partial charge on any atom is 0.334 e. The molecule has 0 aromatic rings. The molecule has 4 heterocycles. The van der Waals surface area contributed by atoms with Crippen molar-refractivity contribution < 1.29 is 28.5 Å². The molecule has 6 heteroatoms. The molecule has 0 radical (unpaired) electrons. The Morgan fingerprint density at radius 1 is 1.19 bits per heavy atom. The van der Waals surface area contributed by atoms with Gasteiger partial charge in [0.1, 0.15) is 41.7 Å². The molecule has 6 nitrogen and oxygen atoms in total. The third-order valence-electron chi connectivity index (χ3n) is 8.91. The Bertz CT molecular complexity index is 790. The van der Waals surface area contributed by atoms with Crippen LogP contribution in [-0.2, 0) is 28.5 Å². The van der Waals surface area contributed by atoms with Gasteiger partial charge in [-0.15, -0.1) is 0 Å². The van der Waals surface area contributed by atoms with E-state index in [0.29, 0.717) is 19.1 Å². The third kappa shape index (κ3) is 1.50. The zero-order chi connectivity index (χ0) is 19.0.